The summed E-state index contributed by atoms with van der Waals surface area (Å²) in [5, 5.41) is 0. The molecule has 0 spiro atoms. The molecule has 1 heteroatoms. The number of rotatable bonds is 0. The van der Waals surface area contributed by atoms with Gasteiger partial charge in [-0.15, -0.1) is 13.2 Å². The maximum atomic E-state index is 5.69. The van der Waals surface area contributed by atoms with E-state index in [1.54, 1.807) is 0 Å². The van der Waals surface area contributed by atoms with E-state index in [1.165, 1.54) is 16.7 Å². The number of hydrogen-bond acceptors (Lipinski definition) is 1. The highest BCUT2D eigenvalue weighted by Gasteiger charge is 1.98. The summed E-state index contributed by atoms with van der Waals surface area (Å²) in [7, 11) is 0. The number of hydrogen-bond donors (Lipinski definition) is 1. The standard InChI is InChI=1S/C9H13N.C2H4/c1-6-4-5-9(10)8(3)7(6)2;1-2/h4-5H,10H2,1-3H3;1-2H2. The summed E-state index contributed by atoms with van der Waals surface area (Å²) in [6.07, 6.45) is 0. The predicted molar refractivity (Wildman–Crippen MR) is 56.3 cm³/mol. The highest BCUT2D eigenvalue weighted by Crippen LogP contribution is 2.17. The van der Waals surface area contributed by atoms with Crippen molar-refractivity contribution in [2.24, 2.45) is 0 Å². The molecule has 0 aliphatic heterocycles. The lowest BCUT2D eigenvalue weighted by Gasteiger charge is -2.05. The van der Waals surface area contributed by atoms with Gasteiger partial charge in [-0.25, -0.2) is 0 Å². The largest absolute Gasteiger partial charge is 0.399 e. The Morgan fingerprint density at radius 1 is 1.00 bits per heavy atom. The minimum absolute atomic E-state index is 0.892. The molecule has 1 rings (SSSR count). The van der Waals surface area contributed by atoms with Crippen molar-refractivity contribution in [2.45, 2.75) is 20.8 Å². The first kappa shape index (κ1) is 10.8. The number of aryl methyl sites for hydroxylation is 1. The molecule has 0 unspecified atom stereocenters. The van der Waals surface area contributed by atoms with Crippen molar-refractivity contribution in [3.63, 3.8) is 0 Å². The van der Waals surface area contributed by atoms with Gasteiger partial charge in [-0.05, 0) is 43.5 Å². The Kier molecular flexibility index (Phi) is 4.12. The fourth-order valence-electron chi connectivity index (χ4n) is 0.977. The quantitative estimate of drug-likeness (QED) is 0.462. The molecule has 2 N–H and O–H groups in total. The van der Waals surface area contributed by atoms with Crippen LogP contribution in [0, 0.1) is 20.8 Å². The molecule has 0 aromatic heterocycles. The van der Waals surface area contributed by atoms with Gasteiger partial charge in [0.25, 0.3) is 0 Å². The van der Waals surface area contributed by atoms with Crippen molar-refractivity contribution in [1.29, 1.82) is 0 Å². The molecule has 0 aliphatic carbocycles. The molecular formula is C11H17N. The normalized spacial score (nSPS) is 8.58. The van der Waals surface area contributed by atoms with Gasteiger partial charge in [-0.1, -0.05) is 6.07 Å². The fraction of sp³-hybridized carbons (Fsp3) is 0.273. The zero-order valence-electron chi connectivity index (χ0n) is 8.15. The van der Waals surface area contributed by atoms with Gasteiger partial charge in [0, 0.05) is 5.69 Å². The predicted octanol–water partition coefficient (Wildman–Crippen LogP) is 3.00. The topological polar surface area (TPSA) is 26.0 Å². The van der Waals surface area contributed by atoms with E-state index in [0.29, 0.717) is 0 Å². The second-order valence-electron chi connectivity index (χ2n) is 2.72. The third-order valence-corrected chi connectivity index (χ3v) is 2.10. The van der Waals surface area contributed by atoms with Crippen LogP contribution in [0.1, 0.15) is 16.7 Å². The fourth-order valence-corrected chi connectivity index (χ4v) is 0.977. The van der Waals surface area contributed by atoms with Gasteiger partial charge in [0.2, 0.25) is 0 Å². The molecule has 12 heavy (non-hydrogen) atoms. The second-order valence-corrected chi connectivity index (χ2v) is 2.72. The summed E-state index contributed by atoms with van der Waals surface area (Å²) in [5.41, 5.74) is 10.4. The Morgan fingerprint density at radius 3 is 1.92 bits per heavy atom. The Bertz CT molecular complexity index is 237. The van der Waals surface area contributed by atoms with Crippen molar-refractivity contribution < 1.29 is 0 Å². The van der Waals surface area contributed by atoms with Gasteiger partial charge in [0.15, 0.2) is 0 Å². The third-order valence-electron chi connectivity index (χ3n) is 2.10. The van der Waals surface area contributed by atoms with E-state index in [4.69, 9.17) is 5.73 Å². The summed E-state index contributed by atoms with van der Waals surface area (Å²) in [5.74, 6) is 0. The van der Waals surface area contributed by atoms with Gasteiger partial charge < -0.3 is 5.73 Å². The lowest BCUT2D eigenvalue weighted by molar-refractivity contribution is 1.27. The Balaban J connectivity index is 0.000000561. The highest BCUT2D eigenvalue weighted by molar-refractivity contribution is 5.52. The van der Waals surface area contributed by atoms with Crippen LogP contribution in [0.3, 0.4) is 0 Å². The summed E-state index contributed by atoms with van der Waals surface area (Å²) in [4.78, 5) is 0. The van der Waals surface area contributed by atoms with E-state index in [-0.39, 0.29) is 0 Å². The zero-order valence-corrected chi connectivity index (χ0v) is 8.15. The van der Waals surface area contributed by atoms with Crippen LogP contribution in [0.4, 0.5) is 5.69 Å². The van der Waals surface area contributed by atoms with E-state index in [2.05, 4.69) is 40.0 Å². The second kappa shape index (κ2) is 4.60. The van der Waals surface area contributed by atoms with Crippen molar-refractivity contribution in [3.05, 3.63) is 42.0 Å². The van der Waals surface area contributed by atoms with Crippen LogP contribution in [0.15, 0.2) is 25.3 Å². The van der Waals surface area contributed by atoms with Gasteiger partial charge >= 0.3 is 0 Å². The van der Waals surface area contributed by atoms with Crippen LogP contribution in [-0.4, -0.2) is 0 Å². The minimum atomic E-state index is 0.892. The maximum absolute atomic E-state index is 5.69. The van der Waals surface area contributed by atoms with E-state index in [1.807, 2.05) is 6.07 Å². The van der Waals surface area contributed by atoms with Crippen LogP contribution in [-0.2, 0) is 0 Å². The SMILES string of the molecule is C=C.Cc1ccc(N)c(C)c1C. The Labute approximate surface area is 74.9 Å². The van der Waals surface area contributed by atoms with E-state index in [9.17, 15) is 0 Å². The first-order valence-corrected chi connectivity index (χ1v) is 3.95. The van der Waals surface area contributed by atoms with Gasteiger partial charge in [0.1, 0.15) is 0 Å². The van der Waals surface area contributed by atoms with Crippen LogP contribution < -0.4 is 5.73 Å². The van der Waals surface area contributed by atoms with E-state index >= 15 is 0 Å². The molecule has 0 atom stereocenters. The average molecular weight is 163 g/mol. The van der Waals surface area contributed by atoms with Crippen molar-refractivity contribution in [3.8, 4) is 0 Å². The van der Waals surface area contributed by atoms with Crippen LogP contribution >= 0.6 is 0 Å². The lowest BCUT2D eigenvalue weighted by atomic mass is 10.0. The Hall–Kier alpha value is -1.24. The smallest absolute Gasteiger partial charge is 0.0346 e. The summed E-state index contributed by atoms with van der Waals surface area (Å²) >= 11 is 0. The molecule has 1 aromatic carbocycles. The molecule has 0 saturated heterocycles. The number of anilines is 1. The molecule has 0 heterocycles. The van der Waals surface area contributed by atoms with Gasteiger partial charge in [-0.3, -0.25) is 0 Å². The highest BCUT2D eigenvalue weighted by atomic mass is 14.6. The summed E-state index contributed by atoms with van der Waals surface area (Å²) in [6, 6.07) is 4.01. The molecule has 1 nitrogen and oxygen atoms in total. The maximum Gasteiger partial charge on any atom is 0.0346 e. The first-order valence-electron chi connectivity index (χ1n) is 3.95. The zero-order chi connectivity index (χ0) is 9.72. The van der Waals surface area contributed by atoms with Crippen LogP contribution in [0.5, 0.6) is 0 Å². The van der Waals surface area contributed by atoms with Crippen molar-refractivity contribution in [2.75, 3.05) is 5.73 Å². The molecule has 0 amide bonds. The van der Waals surface area contributed by atoms with Crippen molar-refractivity contribution >= 4 is 5.69 Å². The first-order chi connectivity index (χ1) is 5.63. The molecule has 0 fully saturated rings. The average Bonchev–Trinajstić information content (AvgIpc) is 2.12. The van der Waals surface area contributed by atoms with E-state index < -0.39 is 0 Å². The number of nitrogens with two attached hydrogens (primary N) is 1. The minimum Gasteiger partial charge on any atom is -0.399 e. The molecular weight excluding hydrogens is 146 g/mol. The summed E-state index contributed by atoms with van der Waals surface area (Å²) in [6.45, 7) is 12.3. The Morgan fingerprint density at radius 2 is 1.50 bits per heavy atom. The van der Waals surface area contributed by atoms with Gasteiger partial charge in [-0.2, -0.15) is 0 Å². The molecule has 1 aromatic rings. The van der Waals surface area contributed by atoms with Crippen LogP contribution in [0.2, 0.25) is 0 Å². The molecule has 66 valence electrons. The molecule has 0 saturated carbocycles. The monoisotopic (exact) mass is 163 g/mol. The summed E-state index contributed by atoms with van der Waals surface area (Å²) < 4.78 is 0. The van der Waals surface area contributed by atoms with Crippen LogP contribution in [0.25, 0.3) is 0 Å². The molecule has 0 bridgehead atoms. The molecule has 0 aliphatic rings. The van der Waals surface area contributed by atoms with E-state index in [0.717, 1.165) is 5.69 Å². The molecule has 0 radical (unpaired) electrons. The number of nitrogen functional groups attached to an aromatic ring is 1. The number of benzene rings is 1. The van der Waals surface area contributed by atoms with Crippen molar-refractivity contribution in [1.82, 2.24) is 0 Å². The van der Waals surface area contributed by atoms with Gasteiger partial charge in [0.05, 0.1) is 0 Å². The third kappa shape index (κ3) is 2.12. The lowest BCUT2D eigenvalue weighted by Crippen LogP contribution is -1.93.